The Labute approximate surface area is 113 Å². The van der Waals surface area contributed by atoms with Gasteiger partial charge in [0.2, 0.25) is 0 Å². The Hall–Kier alpha value is -1.78. The van der Waals surface area contributed by atoms with E-state index < -0.39 is 0 Å². The van der Waals surface area contributed by atoms with E-state index in [-0.39, 0.29) is 0 Å². The molecule has 0 aliphatic rings. The molecule has 1 N–H and O–H groups in total. The van der Waals surface area contributed by atoms with E-state index in [2.05, 4.69) is 11.4 Å². The zero-order chi connectivity index (χ0) is 13.3. The van der Waals surface area contributed by atoms with Gasteiger partial charge < -0.3 is 19.2 Å². The maximum atomic E-state index is 5.63. The quantitative estimate of drug-likeness (QED) is 0.742. The van der Waals surface area contributed by atoms with Gasteiger partial charge in [0, 0.05) is 6.54 Å². The van der Waals surface area contributed by atoms with Gasteiger partial charge in [-0.1, -0.05) is 12.1 Å². The van der Waals surface area contributed by atoms with E-state index in [1.54, 1.807) is 6.26 Å². The second-order valence-electron chi connectivity index (χ2n) is 4.16. The average molecular weight is 261 g/mol. The summed E-state index contributed by atoms with van der Waals surface area (Å²) in [5.41, 5.74) is 1.21. The smallest absolute Gasteiger partial charge is 0.129 e. The summed E-state index contributed by atoms with van der Waals surface area (Å²) in [7, 11) is 1.93. The van der Waals surface area contributed by atoms with Gasteiger partial charge in [0.15, 0.2) is 0 Å². The summed E-state index contributed by atoms with van der Waals surface area (Å²) in [6.45, 7) is 2.39. The van der Waals surface area contributed by atoms with Crippen molar-refractivity contribution in [3.8, 4) is 5.75 Å². The fourth-order valence-electron chi connectivity index (χ4n) is 1.74. The number of hydrogen-bond donors (Lipinski definition) is 1. The summed E-state index contributed by atoms with van der Waals surface area (Å²) < 4.78 is 16.2. The molecule has 0 aliphatic carbocycles. The van der Waals surface area contributed by atoms with Gasteiger partial charge in [0.25, 0.3) is 0 Å². The molecule has 0 aliphatic heterocycles. The Balaban J connectivity index is 1.66. The number of nitrogens with one attached hydrogen (secondary N) is 1. The van der Waals surface area contributed by atoms with Crippen molar-refractivity contribution in [1.29, 1.82) is 0 Å². The Bertz CT molecular complexity index is 468. The van der Waals surface area contributed by atoms with Crippen molar-refractivity contribution < 1.29 is 13.9 Å². The molecular weight excluding hydrogens is 242 g/mol. The van der Waals surface area contributed by atoms with Crippen LogP contribution in [0.25, 0.3) is 0 Å². The molecule has 102 valence electrons. The highest BCUT2D eigenvalue weighted by Crippen LogP contribution is 2.13. The summed E-state index contributed by atoms with van der Waals surface area (Å²) >= 11 is 0. The van der Waals surface area contributed by atoms with E-state index >= 15 is 0 Å². The SMILES string of the molecule is CNCc1cccc(OCCOCc2ccco2)c1. The summed E-state index contributed by atoms with van der Waals surface area (Å²) in [6, 6.07) is 11.8. The van der Waals surface area contributed by atoms with E-state index in [1.807, 2.05) is 37.4 Å². The van der Waals surface area contributed by atoms with Crippen molar-refractivity contribution in [2.24, 2.45) is 0 Å². The zero-order valence-electron chi connectivity index (χ0n) is 11.1. The van der Waals surface area contributed by atoms with Crippen LogP contribution >= 0.6 is 0 Å². The lowest BCUT2D eigenvalue weighted by Gasteiger charge is -2.08. The Morgan fingerprint density at radius 2 is 2.11 bits per heavy atom. The molecule has 2 aromatic rings. The van der Waals surface area contributed by atoms with Gasteiger partial charge >= 0.3 is 0 Å². The average Bonchev–Trinajstić information content (AvgIpc) is 2.92. The third kappa shape index (κ3) is 4.77. The molecule has 1 aromatic heterocycles. The maximum absolute atomic E-state index is 5.63. The highest BCUT2D eigenvalue weighted by molar-refractivity contribution is 5.28. The first-order chi connectivity index (χ1) is 9.38. The topological polar surface area (TPSA) is 43.6 Å². The van der Waals surface area contributed by atoms with Crippen molar-refractivity contribution in [1.82, 2.24) is 5.32 Å². The van der Waals surface area contributed by atoms with Crippen LogP contribution in [0.3, 0.4) is 0 Å². The van der Waals surface area contributed by atoms with E-state index in [9.17, 15) is 0 Å². The van der Waals surface area contributed by atoms with Gasteiger partial charge in [-0.05, 0) is 36.9 Å². The minimum Gasteiger partial charge on any atom is -0.491 e. The minimum absolute atomic E-state index is 0.482. The first-order valence-electron chi connectivity index (χ1n) is 6.35. The molecule has 0 spiro atoms. The molecule has 0 saturated carbocycles. The normalized spacial score (nSPS) is 10.6. The molecule has 0 saturated heterocycles. The van der Waals surface area contributed by atoms with E-state index in [0.717, 1.165) is 18.1 Å². The van der Waals surface area contributed by atoms with Gasteiger partial charge in [0.1, 0.15) is 24.7 Å². The second kappa shape index (κ2) is 7.61. The molecule has 0 unspecified atom stereocenters. The number of ether oxygens (including phenoxy) is 2. The van der Waals surface area contributed by atoms with Gasteiger partial charge in [-0.25, -0.2) is 0 Å². The van der Waals surface area contributed by atoms with Crippen molar-refractivity contribution >= 4 is 0 Å². The van der Waals surface area contributed by atoms with Crippen LogP contribution in [0, 0.1) is 0 Å². The Kier molecular flexibility index (Phi) is 5.47. The summed E-state index contributed by atoms with van der Waals surface area (Å²) in [4.78, 5) is 0. The molecule has 0 bridgehead atoms. The lowest BCUT2D eigenvalue weighted by atomic mass is 10.2. The molecule has 19 heavy (non-hydrogen) atoms. The molecule has 1 aromatic carbocycles. The summed E-state index contributed by atoms with van der Waals surface area (Å²) in [5.74, 6) is 1.70. The molecular formula is C15H19NO3. The first kappa shape index (κ1) is 13.6. The molecule has 0 atom stereocenters. The van der Waals surface area contributed by atoms with Crippen molar-refractivity contribution in [2.45, 2.75) is 13.2 Å². The highest BCUT2D eigenvalue weighted by atomic mass is 16.5. The summed E-state index contributed by atoms with van der Waals surface area (Å²) in [6.07, 6.45) is 1.64. The minimum atomic E-state index is 0.482. The molecule has 2 rings (SSSR count). The Morgan fingerprint density at radius 3 is 2.89 bits per heavy atom. The van der Waals surface area contributed by atoms with Crippen LogP contribution in [0.15, 0.2) is 47.1 Å². The van der Waals surface area contributed by atoms with Crippen LogP contribution in [0.1, 0.15) is 11.3 Å². The molecule has 0 radical (unpaired) electrons. The number of rotatable bonds is 8. The largest absolute Gasteiger partial charge is 0.491 e. The van der Waals surface area contributed by atoms with Gasteiger partial charge in [-0.2, -0.15) is 0 Å². The second-order valence-corrected chi connectivity index (χ2v) is 4.16. The summed E-state index contributed by atoms with van der Waals surface area (Å²) in [5, 5.41) is 3.11. The monoisotopic (exact) mass is 261 g/mol. The van der Waals surface area contributed by atoms with Crippen molar-refractivity contribution in [3.05, 3.63) is 54.0 Å². The molecule has 0 amide bonds. The van der Waals surface area contributed by atoms with E-state index in [0.29, 0.717) is 19.8 Å². The van der Waals surface area contributed by atoms with Gasteiger partial charge in [-0.3, -0.25) is 0 Å². The highest BCUT2D eigenvalue weighted by Gasteiger charge is 1.98. The number of hydrogen-bond acceptors (Lipinski definition) is 4. The van der Waals surface area contributed by atoms with Crippen molar-refractivity contribution in [2.75, 3.05) is 20.3 Å². The zero-order valence-corrected chi connectivity index (χ0v) is 11.1. The predicted molar refractivity (Wildman–Crippen MR) is 73.1 cm³/mol. The van der Waals surface area contributed by atoms with E-state index in [1.165, 1.54) is 5.56 Å². The van der Waals surface area contributed by atoms with Crippen LogP contribution in [-0.4, -0.2) is 20.3 Å². The Morgan fingerprint density at radius 1 is 1.16 bits per heavy atom. The maximum Gasteiger partial charge on any atom is 0.129 e. The van der Waals surface area contributed by atoms with Crippen LogP contribution in [0.4, 0.5) is 0 Å². The molecule has 0 fully saturated rings. The van der Waals surface area contributed by atoms with Crippen molar-refractivity contribution in [3.63, 3.8) is 0 Å². The van der Waals surface area contributed by atoms with Gasteiger partial charge in [0.05, 0.1) is 12.9 Å². The third-order valence-corrected chi connectivity index (χ3v) is 2.60. The van der Waals surface area contributed by atoms with Crippen LogP contribution in [-0.2, 0) is 17.9 Å². The first-order valence-corrected chi connectivity index (χ1v) is 6.35. The fraction of sp³-hybridized carbons (Fsp3) is 0.333. The number of furan rings is 1. The van der Waals surface area contributed by atoms with Crippen LogP contribution in [0.5, 0.6) is 5.75 Å². The van der Waals surface area contributed by atoms with Crippen LogP contribution < -0.4 is 10.1 Å². The lowest BCUT2D eigenvalue weighted by Crippen LogP contribution is -2.08. The number of benzene rings is 1. The molecule has 4 heteroatoms. The predicted octanol–water partition coefficient (Wildman–Crippen LogP) is 2.59. The lowest BCUT2D eigenvalue weighted by molar-refractivity contribution is 0.0781. The van der Waals surface area contributed by atoms with Gasteiger partial charge in [-0.15, -0.1) is 0 Å². The van der Waals surface area contributed by atoms with E-state index in [4.69, 9.17) is 13.9 Å². The fourth-order valence-corrected chi connectivity index (χ4v) is 1.74. The molecule has 1 heterocycles. The van der Waals surface area contributed by atoms with Crippen LogP contribution in [0.2, 0.25) is 0 Å². The standard InChI is InChI=1S/C15H19NO3/c1-16-11-13-4-2-5-14(10-13)19-9-8-17-12-15-6-3-7-18-15/h2-7,10,16H,8-9,11-12H2,1H3. The third-order valence-electron chi connectivity index (χ3n) is 2.60. The molecule has 4 nitrogen and oxygen atoms in total.